The van der Waals surface area contributed by atoms with Gasteiger partial charge in [-0.2, -0.15) is 0 Å². The molecule has 0 saturated carbocycles. The van der Waals surface area contributed by atoms with Crippen LogP contribution < -0.4 is 28.0 Å². The molecule has 3 aromatic carbocycles. The Bertz CT molecular complexity index is 1400. The first-order valence-electron chi connectivity index (χ1n) is 12.5. The van der Waals surface area contributed by atoms with Gasteiger partial charge in [0.15, 0.2) is 11.5 Å². The van der Waals surface area contributed by atoms with Crippen LogP contribution in [0.3, 0.4) is 0 Å². The SMILES string of the molecule is CCOc1ccc(N(CC(=O)N(C)Cc2cc(OC)c(OC)c(OC)c2)S(=O)(=O)c2cc(C)ccc2OC)cc1. The Morgan fingerprint density at radius 2 is 1.43 bits per heavy atom. The number of nitrogens with zero attached hydrogens (tertiary/aromatic N) is 2. The second-order valence-electron chi connectivity index (χ2n) is 8.88. The Labute approximate surface area is 236 Å². The molecular formula is C29H36N2O8S. The molecule has 0 N–H and O–H groups in total. The van der Waals surface area contributed by atoms with Gasteiger partial charge in [-0.05, 0) is 73.5 Å². The van der Waals surface area contributed by atoms with E-state index in [1.54, 1.807) is 62.5 Å². The van der Waals surface area contributed by atoms with Gasteiger partial charge in [-0.1, -0.05) is 6.07 Å². The van der Waals surface area contributed by atoms with Crippen molar-refractivity contribution in [2.75, 3.05) is 52.9 Å². The molecule has 0 aromatic heterocycles. The minimum atomic E-state index is -4.21. The molecule has 216 valence electrons. The highest BCUT2D eigenvalue weighted by Crippen LogP contribution is 2.38. The molecule has 11 heteroatoms. The summed E-state index contributed by atoms with van der Waals surface area (Å²) < 4.78 is 56.2. The van der Waals surface area contributed by atoms with Crippen molar-refractivity contribution in [2.45, 2.75) is 25.3 Å². The number of anilines is 1. The minimum absolute atomic E-state index is 0.0380. The second-order valence-corrected chi connectivity index (χ2v) is 10.7. The van der Waals surface area contributed by atoms with Gasteiger partial charge in [-0.25, -0.2) is 8.42 Å². The van der Waals surface area contributed by atoms with Gasteiger partial charge in [0.05, 0.1) is 40.7 Å². The van der Waals surface area contributed by atoms with E-state index < -0.39 is 22.5 Å². The number of benzene rings is 3. The van der Waals surface area contributed by atoms with Crippen molar-refractivity contribution in [2.24, 2.45) is 0 Å². The van der Waals surface area contributed by atoms with Gasteiger partial charge in [0.1, 0.15) is 22.9 Å². The lowest BCUT2D eigenvalue weighted by Gasteiger charge is -2.27. The van der Waals surface area contributed by atoms with Crippen LogP contribution in [-0.2, 0) is 21.4 Å². The number of carbonyl (C=O) groups is 1. The molecule has 0 unspecified atom stereocenters. The number of sulfonamides is 1. The first-order valence-corrected chi connectivity index (χ1v) is 14.0. The molecule has 3 rings (SSSR count). The van der Waals surface area contributed by atoms with Gasteiger partial charge in [0.2, 0.25) is 11.7 Å². The van der Waals surface area contributed by atoms with E-state index in [4.69, 9.17) is 23.7 Å². The Morgan fingerprint density at radius 1 is 0.825 bits per heavy atom. The number of carbonyl (C=O) groups excluding carboxylic acids is 1. The van der Waals surface area contributed by atoms with Gasteiger partial charge >= 0.3 is 0 Å². The Balaban J connectivity index is 1.98. The van der Waals surface area contributed by atoms with Crippen molar-refractivity contribution in [3.8, 4) is 28.7 Å². The zero-order chi connectivity index (χ0) is 29.4. The van der Waals surface area contributed by atoms with Crippen LogP contribution in [0.1, 0.15) is 18.1 Å². The maximum Gasteiger partial charge on any atom is 0.268 e. The lowest BCUT2D eigenvalue weighted by atomic mass is 10.1. The molecule has 0 spiro atoms. The molecule has 0 bridgehead atoms. The molecule has 0 saturated heterocycles. The number of rotatable bonds is 13. The average molecular weight is 573 g/mol. The van der Waals surface area contributed by atoms with E-state index in [1.807, 2.05) is 6.92 Å². The van der Waals surface area contributed by atoms with Crippen LogP contribution in [0, 0.1) is 6.92 Å². The first kappa shape index (κ1) is 30.4. The molecule has 40 heavy (non-hydrogen) atoms. The fourth-order valence-electron chi connectivity index (χ4n) is 4.13. The summed E-state index contributed by atoms with van der Waals surface area (Å²) in [6.07, 6.45) is 0. The van der Waals surface area contributed by atoms with Crippen LogP contribution in [0.2, 0.25) is 0 Å². The van der Waals surface area contributed by atoms with Crippen LogP contribution in [0.4, 0.5) is 5.69 Å². The van der Waals surface area contributed by atoms with E-state index in [-0.39, 0.29) is 17.2 Å². The van der Waals surface area contributed by atoms with Crippen LogP contribution in [-0.4, -0.2) is 67.9 Å². The normalized spacial score (nSPS) is 11.0. The Morgan fingerprint density at radius 3 is 1.95 bits per heavy atom. The zero-order valence-electron chi connectivity index (χ0n) is 23.9. The van der Waals surface area contributed by atoms with Crippen LogP contribution in [0.5, 0.6) is 28.7 Å². The molecule has 0 aliphatic heterocycles. The molecule has 0 fully saturated rings. The molecule has 0 heterocycles. The number of hydrogen-bond donors (Lipinski definition) is 0. The predicted molar refractivity (Wildman–Crippen MR) is 152 cm³/mol. The van der Waals surface area contributed by atoms with Crippen LogP contribution in [0.15, 0.2) is 59.5 Å². The van der Waals surface area contributed by atoms with Crippen molar-refractivity contribution >= 4 is 21.6 Å². The summed E-state index contributed by atoms with van der Waals surface area (Å²) in [4.78, 5) is 14.9. The largest absolute Gasteiger partial charge is 0.495 e. The van der Waals surface area contributed by atoms with E-state index in [9.17, 15) is 13.2 Å². The monoisotopic (exact) mass is 572 g/mol. The highest BCUT2D eigenvalue weighted by Gasteiger charge is 2.31. The zero-order valence-corrected chi connectivity index (χ0v) is 24.7. The van der Waals surface area contributed by atoms with Gasteiger partial charge in [-0.15, -0.1) is 0 Å². The smallest absolute Gasteiger partial charge is 0.268 e. The Kier molecular flexibility index (Phi) is 10.1. The molecule has 0 atom stereocenters. The molecule has 0 aliphatic carbocycles. The van der Waals surface area contributed by atoms with Crippen molar-refractivity contribution in [3.05, 3.63) is 65.7 Å². The third kappa shape index (κ3) is 6.71. The van der Waals surface area contributed by atoms with Crippen molar-refractivity contribution in [1.82, 2.24) is 4.90 Å². The Hall–Kier alpha value is -4.12. The van der Waals surface area contributed by atoms with Gasteiger partial charge in [-0.3, -0.25) is 9.10 Å². The highest BCUT2D eigenvalue weighted by atomic mass is 32.2. The number of aryl methyl sites for hydroxylation is 1. The van der Waals surface area contributed by atoms with Crippen molar-refractivity contribution in [3.63, 3.8) is 0 Å². The number of ether oxygens (including phenoxy) is 5. The third-order valence-electron chi connectivity index (χ3n) is 6.17. The first-order chi connectivity index (χ1) is 19.1. The maximum absolute atomic E-state index is 14.0. The van der Waals surface area contributed by atoms with E-state index in [2.05, 4.69) is 0 Å². The number of amides is 1. The molecule has 0 radical (unpaired) electrons. The molecule has 1 amide bonds. The predicted octanol–water partition coefficient (Wildman–Crippen LogP) is 4.28. The lowest BCUT2D eigenvalue weighted by Crippen LogP contribution is -2.41. The number of methoxy groups -OCH3 is 4. The van der Waals surface area contributed by atoms with E-state index in [0.29, 0.717) is 40.9 Å². The van der Waals surface area contributed by atoms with Crippen molar-refractivity contribution in [1.29, 1.82) is 0 Å². The minimum Gasteiger partial charge on any atom is -0.495 e. The van der Waals surface area contributed by atoms with E-state index in [1.165, 1.54) is 39.4 Å². The number of likely N-dealkylation sites (N-methyl/N-ethyl adjacent to an activating group) is 1. The fourth-order valence-corrected chi connectivity index (χ4v) is 5.78. The summed E-state index contributed by atoms with van der Waals surface area (Å²) in [5, 5.41) is 0. The van der Waals surface area contributed by atoms with E-state index in [0.717, 1.165) is 9.87 Å². The summed E-state index contributed by atoms with van der Waals surface area (Å²) in [7, 11) is 3.32. The quantitative estimate of drug-likeness (QED) is 0.299. The van der Waals surface area contributed by atoms with Gasteiger partial charge in [0, 0.05) is 13.6 Å². The van der Waals surface area contributed by atoms with Gasteiger partial charge in [0.25, 0.3) is 10.0 Å². The standard InChI is InChI=1S/C29H36N2O8S/c1-8-39-23-12-10-22(11-13-23)31(40(33,34)27-15-20(2)9-14-24(27)35-4)19-28(32)30(3)18-21-16-25(36-5)29(38-7)26(17-21)37-6/h9-17H,8,18-19H2,1-7H3. The molecular weight excluding hydrogens is 536 g/mol. The van der Waals surface area contributed by atoms with Crippen LogP contribution >= 0.6 is 0 Å². The second kappa shape index (κ2) is 13.3. The summed E-state index contributed by atoms with van der Waals surface area (Å²) in [5.74, 6) is 1.66. The van der Waals surface area contributed by atoms with Crippen molar-refractivity contribution < 1.29 is 36.9 Å². The van der Waals surface area contributed by atoms with Gasteiger partial charge < -0.3 is 28.6 Å². The fraction of sp³-hybridized carbons (Fsp3) is 0.345. The summed E-state index contributed by atoms with van der Waals surface area (Å²) in [5.41, 5.74) is 1.75. The maximum atomic E-state index is 14.0. The third-order valence-corrected chi connectivity index (χ3v) is 7.97. The summed E-state index contributed by atoms with van der Waals surface area (Å²) in [6.45, 7) is 3.83. The van der Waals surface area contributed by atoms with Crippen LogP contribution in [0.25, 0.3) is 0 Å². The lowest BCUT2D eigenvalue weighted by molar-refractivity contribution is -0.128. The molecule has 10 nitrogen and oxygen atoms in total. The summed E-state index contributed by atoms with van der Waals surface area (Å²) in [6, 6.07) is 14.9. The summed E-state index contributed by atoms with van der Waals surface area (Å²) >= 11 is 0. The average Bonchev–Trinajstić information content (AvgIpc) is 2.95. The topological polar surface area (TPSA) is 104 Å². The van der Waals surface area contributed by atoms with E-state index >= 15 is 0 Å². The highest BCUT2D eigenvalue weighted by molar-refractivity contribution is 7.93. The molecule has 3 aromatic rings. The molecule has 0 aliphatic rings. The number of hydrogen-bond acceptors (Lipinski definition) is 8.